The zero-order valence-electron chi connectivity index (χ0n) is 12.7. The van der Waals surface area contributed by atoms with Gasteiger partial charge in [0.15, 0.2) is 0 Å². The molecule has 2 atom stereocenters. The summed E-state index contributed by atoms with van der Waals surface area (Å²) in [6.45, 7) is 2.78. The zero-order valence-corrected chi connectivity index (χ0v) is 12.7. The van der Waals surface area contributed by atoms with E-state index in [1.54, 1.807) is 0 Å². The lowest BCUT2D eigenvalue weighted by Crippen LogP contribution is -2.67. The van der Waals surface area contributed by atoms with Crippen LogP contribution in [0.15, 0.2) is 35.5 Å². The normalized spacial score (nSPS) is 24.3. The Labute approximate surface area is 134 Å². The molecule has 116 valence electrons. The molecule has 6 rings (SSSR count). The van der Waals surface area contributed by atoms with Crippen LogP contribution in [-0.4, -0.2) is 41.4 Å². The van der Waals surface area contributed by atoms with Crippen molar-refractivity contribution in [3.63, 3.8) is 0 Å². The minimum Gasteiger partial charge on any atom is -0.340 e. The van der Waals surface area contributed by atoms with E-state index in [9.17, 15) is 0 Å². The first-order chi connectivity index (χ1) is 11.3. The van der Waals surface area contributed by atoms with Gasteiger partial charge in [-0.05, 0) is 35.7 Å². The van der Waals surface area contributed by atoms with Crippen LogP contribution < -0.4 is 15.5 Å². The molecular formula is C17H18N6. The molecule has 2 aromatic rings. The molecular weight excluding hydrogens is 288 g/mol. The van der Waals surface area contributed by atoms with Crippen molar-refractivity contribution in [3.05, 3.63) is 41.6 Å². The van der Waals surface area contributed by atoms with E-state index >= 15 is 0 Å². The fourth-order valence-corrected chi connectivity index (χ4v) is 3.57. The Kier molecular flexibility index (Phi) is 2.84. The topological polar surface area (TPSA) is 65.4 Å². The number of aromatic nitrogens is 2. The second-order valence-corrected chi connectivity index (χ2v) is 6.45. The lowest BCUT2D eigenvalue weighted by Gasteiger charge is -2.48. The maximum atomic E-state index is 4.68. The summed E-state index contributed by atoms with van der Waals surface area (Å²) in [5.41, 5.74) is 3.50. The van der Waals surface area contributed by atoms with Gasteiger partial charge in [-0.3, -0.25) is 4.99 Å². The van der Waals surface area contributed by atoms with E-state index in [0.29, 0.717) is 12.1 Å². The number of hydrogen-bond acceptors (Lipinski definition) is 6. The SMILES string of the molecule is C1=NCc2ccc(Nc3ccnc(N4CC5CC(C4)N5)n3)cc21. The molecule has 1 aromatic heterocycles. The van der Waals surface area contributed by atoms with Crippen LogP contribution in [0.3, 0.4) is 0 Å². The van der Waals surface area contributed by atoms with Crippen molar-refractivity contribution in [1.29, 1.82) is 0 Å². The van der Waals surface area contributed by atoms with Gasteiger partial charge >= 0.3 is 0 Å². The van der Waals surface area contributed by atoms with Crippen LogP contribution >= 0.6 is 0 Å². The lowest BCUT2D eigenvalue weighted by atomic mass is 9.92. The lowest BCUT2D eigenvalue weighted by molar-refractivity contribution is 0.224. The maximum absolute atomic E-state index is 4.68. The van der Waals surface area contributed by atoms with Gasteiger partial charge in [-0.2, -0.15) is 4.98 Å². The number of piperidine rings is 1. The molecule has 0 spiro atoms. The molecule has 0 aliphatic carbocycles. The third-order valence-electron chi connectivity index (χ3n) is 4.76. The van der Waals surface area contributed by atoms with Crippen LogP contribution in [0.1, 0.15) is 17.5 Å². The third kappa shape index (κ3) is 2.35. The van der Waals surface area contributed by atoms with Gasteiger partial charge in [0, 0.05) is 43.3 Å². The minimum absolute atomic E-state index is 0.602. The number of benzene rings is 1. The van der Waals surface area contributed by atoms with Gasteiger partial charge in [0.25, 0.3) is 0 Å². The largest absolute Gasteiger partial charge is 0.340 e. The van der Waals surface area contributed by atoms with Crippen molar-refractivity contribution in [3.8, 4) is 0 Å². The van der Waals surface area contributed by atoms with Gasteiger partial charge in [0.05, 0.1) is 6.54 Å². The van der Waals surface area contributed by atoms with E-state index in [2.05, 4.69) is 48.7 Å². The minimum atomic E-state index is 0.602. The molecule has 6 nitrogen and oxygen atoms in total. The standard InChI is InChI=1S/C17H18N6/c1-2-13(5-12-8-18-7-11(1)12)21-16-3-4-19-17(22-16)23-9-14-6-15(10-23)20-14/h1-5,8,14-15,20H,6-7,9-10H2,(H,19,21,22). The zero-order chi connectivity index (χ0) is 15.2. The second-order valence-electron chi connectivity index (χ2n) is 6.45. The van der Waals surface area contributed by atoms with Crippen molar-refractivity contribution in [2.24, 2.45) is 4.99 Å². The third-order valence-corrected chi connectivity index (χ3v) is 4.76. The van der Waals surface area contributed by atoms with E-state index in [4.69, 9.17) is 0 Å². The Bertz CT molecular complexity index is 770. The van der Waals surface area contributed by atoms with Crippen LogP contribution in [-0.2, 0) is 6.54 Å². The first kappa shape index (κ1) is 13.0. The summed E-state index contributed by atoms with van der Waals surface area (Å²) in [4.78, 5) is 15.7. The number of piperazine rings is 1. The summed E-state index contributed by atoms with van der Waals surface area (Å²) in [6.07, 6.45) is 5.04. The highest BCUT2D eigenvalue weighted by molar-refractivity contribution is 5.86. The molecule has 0 saturated carbocycles. The Morgan fingerprint density at radius 1 is 1.17 bits per heavy atom. The summed E-state index contributed by atoms with van der Waals surface area (Å²) in [5, 5.41) is 6.91. The highest BCUT2D eigenvalue weighted by Crippen LogP contribution is 2.25. The smallest absolute Gasteiger partial charge is 0.227 e. The van der Waals surface area contributed by atoms with E-state index in [1.807, 2.05) is 18.5 Å². The van der Waals surface area contributed by atoms with Gasteiger partial charge in [-0.1, -0.05) is 6.07 Å². The monoisotopic (exact) mass is 306 g/mol. The average Bonchev–Trinajstić information content (AvgIpc) is 3.02. The summed E-state index contributed by atoms with van der Waals surface area (Å²) in [7, 11) is 0. The molecule has 0 amide bonds. The predicted octanol–water partition coefficient (Wildman–Crippen LogP) is 1.70. The number of anilines is 3. The van der Waals surface area contributed by atoms with Crippen LogP contribution in [0.2, 0.25) is 0 Å². The molecule has 2 bridgehead atoms. The van der Waals surface area contributed by atoms with Gasteiger partial charge in [0.1, 0.15) is 5.82 Å². The number of rotatable bonds is 3. The van der Waals surface area contributed by atoms with Crippen molar-refractivity contribution in [2.75, 3.05) is 23.3 Å². The van der Waals surface area contributed by atoms with E-state index in [-0.39, 0.29) is 0 Å². The van der Waals surface area contributed by atoms with Crippen molar-refractivity contribution in [2.45, 2.75) is 25.0 Å². The molecule has 2 N–H and O–H groups in total. The molecule has 3 fully saturated rings. The molecule has 4 aliphatic rings. The molecule has 1 aromatic carbocycles. The summed E-state index contributed by atoms with van der Waals surface area (Å²) < 4.78 is 0. The first-order valence-electron chi connectivity index (χ1n) is 8.07. The number of hydrogen-bond donors (Lipinski definition) is 2. The van der Waals surface area contributed by atoms with Crippen LogP contribution in [0.25, 0.3) is 0 Å². The predicted molar refractivity (Wildman–Crippen MR) is 90.6 cm³/mol. The molecule has 6 heteroatoms. The molecule has 4 aliphatic heterocycles. The van der Waals surface area contributed by atoms with Gasteiger partial charge in [-0.15, -0.1) is 0 Å². The van der Waals surface area contributed by atoms with Crippen molar-refractivity contribution in [1.82, 2.24) is 15.3 Å². The Morgan fingerprint density at radius 3 is 2.91 bits per heavy atom. The second kappa shape index (κ2) is 5.03. The Balaban J connectivity index is 1.36. The molecule has 23 heavy (non-hydrogen) atoms. The van der Waals surface area contributed by atoms with Crippen LogP contribution in [0.5, 0.6) is 0 Å². The van der Waals surface area contributed by atoms with Crippen LogP contribution in [0, 0.1) is 0 Å². The number of aliphatic imine (C=N–C) groups is 1. The van der Waals surface area contributed by atoms with Crippen molar-refractivity contribution < 1.29 is 0 Å². The Hall–Kier alpha value is -2.47. The quantitative estimate of drug-likeness (QED) is 0.903. The van der Waals surface area contributed by atoms with E-state index in [0.717, 1.165) is 37.1 Å². The van der Waals surface area contributed by atoms with Gasteiger partial charge in [0.2, 0.25) is 5.95 Å². The summed E-state index contributed by atoms with van der Waals surface area (Å²) in [6, 6.07) is 9.43. The van der Waals surface area contributed by atoms with E-state index in [1.165, 1.54) is 17.5 Å². The van der Waals surface area contributed by atoms with Crippen LogP contribution in [0.4, 0.5) is 17.5 Å². The number of nitrogens with one attached hydrogen (secondary N) is 2. The molecule has 0 radical (unpaired) electrons. The number of nitrogens with zero attached hydrogens (tertiary/aromatic N) is 4. The first-order valence-corrected chi connectivity index (χ1v) is 8.07. The molecule has 3 saturated heterocycles. The number of fused-ring (bicyclic) bond motifs is 3. The van der Waals surface area contributed by atoms with Gasteiger partial charge < -0.3 is 15.5 Å². The van der Waals surface area contributed by atoms with Crippen molar-refractivity contribution >= 4 is 23.7 Å². The fraction of sp³-hybridized carbons (Fsp3) is 0.353. The molecule has 2 unspecified atom stereocenters. The summed E-state index contributed by atoms with van der Waals surface area (Å²) >= 11 is 0. The summed E-state index contributed by atoms with van der Waals surface area (Å²) in [5.74, 6) is 1.64. The highest BCUT2D eigenvalue weighted by Gasteiger charge is 2.37. The van der Waals surface area contributed by atoms with Gasteiger partial charge in [-0.25, -0.2) is 4.98 Å². The Morgan fingerprint density at radius 2 is 2.04 bits per heavy atom. The average molecular weight is 306 g/mol. The van der Waals surface area contributed by atoms with E-state index < -0.39 is 0 Å². The highest BCUT2D eigenvalue weighted by atomic mass is 15.3. The maximum Gasteiger partial charge on any atom is 0.227 e. The fourth-order valence-electron chi connectivity index (χ4n) is 3.57. The molecule has 5 heterocycles.